The van der Waals surface area contributed by atoms with Crippen LogP contribution in [0.25, 0.3) is 0 Å². The van der Waals surface area contributed by atoms with E-state index in [4.69, 9.17) is 5.73 Å². The molecule has 0 radical (unpaired) electrons. The van der Waals surface area contributed by atoms with Gasteiger partial charge < -0.3 is 5.73 Å². The maximum Gasteiger partial charge on any atom is 0.0221 e. The third-order valence-electron chi connectivity index (χ3n) is 6.75. The zero-order valence-corrected chi connectivity index (χ0v) is 12.3. The molecule has 2 heteroatoms. The summed E-state index contributed by atoms with van der Waals surface area (Å²) in [6, 6.07) is 0.875. The van der Waals surface area contributed by atoms with E-state index in [9.17, 15) is 0 Å². The molecule has 5 fully saturated rings. The quantitative estimate of drug-likeness (QED) is 0.843. The Hall–Kier alpha value is -0.0800. The Morgan fingerprint density at radius 1 is 0.895 bits per heavy atom. The largest absolute Gasteiger partial charge is 0.329 e. The Morgan fingerprint density at radius 3 is 1.89 bits per heavy atom. The predicted octanol–water partition coefficient (Wildman–Crippen LogP) is 3.16. The van der Waals surface area contributed by atoms with Crippen molar-refractivity contribution < 1.29 is 0 Å². The zero-order valence-electron chi connectivity index (χ0n) is 12.3. The fourth-order valence-electron chi connectivity index (χ4n) is 6.58. The number of nitrogens with zero attached hydrogens (tertiary/aromatic N) is 1. The van der Waals surface area contributed by atoms with Crippen molar-refractivity contribution in [2.24, 2.45) is 23.5 Å². The van der Waals surface area contributed by atoms with Crippen LogP contribution < -0.4 is 5.73 Å². The molecule has 4 bridgehead atoms. The minimum absolute atomic E-state index is 0.586. The van der Waals surface area contributed by atoms with Crippen LogP contribution in [-0.4, -0.2) is 29.6 Å². The minimum Gasteiger partial charge on any atom is -0.329 e. The summed E-state index contributed by atoms with van der Waals surface area (Å²) >= 11 is 0. The van der Waals surface area contributed by atoms with Crippen LogP contribution in [0.1, 0.15) is 64.2 Å². The van der Waals surface area contributed by atoms with Gasteiger partial charge in [0.15, 0.2) is 0 Å². The van der Waals surface area contributed by atoms with Crippen molar-refractivity contribution in [1.82, 2.24) is 4.90 Å². The molecule has 0 aromatic rings. The molecule has 108 valence electrons. The highest BCUT2D eigenvalue weighted by Crippen LogP contribution is 2.58. The Balaban J connectivity index is 1.60. The summed E-state index contributed by atoms with van der Waals surface area (Å²) < 4.78 is 0. The summed E-state index contributed by atoms with van der Waals surface area (Å²) in [6.45, 7) is 2.02. The molecule has 5 rings (SSSR count). The van der Waals surface area contributed by atoms with Gasteiger partial charge >= 0.3 is 0 Å². The van der Waals surface area contributed by atoms with Crippen LogP contribution >= 0.6 is 0 Å². The van der Waals surface area contributed by atoms with Gasteiger partial charge in [-0.25, -0.2) is 0 Å². The van der Waals surface area contributed by atoms with Gasteiger partial charge in [0.05, 0.1) is 0 Å². The van der Waals surface area contributed by atoms with E-state index in [1.807, 2.05) is 0 Å². The van der Waals surface area contributed by atoms with E-state index in [-0.39, 0.29) is 0 Å². The normalized spacial score (nSPS) is 45.5. The lowest BCUT2D eigenvalue weighted by atomic mass is 9.52. The van der Waals surface area contributed by atoms with Crippen LogP contribution in [0.4, 0.5) is 0 Å². The second-order valence-electron chi connectivity index (χ2n) is 8.06. The molecule has 2 nitrogen and oxygen atoms in total. The zero-order chi connectivity index (χ0) is 12.9. The van der Waals surface area contributed by atoms with E-state index in [1.165, 1.54) is 44.9 Å². The molecule has 0 aliphatic heterocycles. The number of rotatable bonds is 4. The number of hydrogen-bond donors (Lipinski definition) is 1. The summed E-state index contributed by atoms with van der Waals surface area (Å²) in [7, 11) is 0. The molecule has 0 spiro atoms. The topological polar surface area (TPSA) is 29.3 Å². The van der Waals surface area contributed by atoms with Gasteiger partial charge in [-0.3, -0.25) is 4.90 Å². The van der Waals surface area contributed by atoms with E-state index in [1.54, 1.807) is 19.3 Å². The van der Waals surface area contributed by atoms with Crippen molar-refractivity contribution in [2.75, 3.05) is 13.1 Å². The van der Waals surface area contributed by atoms with Crippen LogP contribution in [0.3, 0.4) is 0 Å². The van der Waals surface area contributed by atoms with E-state index in [0.29, 0.717) is 5.54 Å². The van der Waals surface area contributed by atoms with Crippen molar-refractivity contribution in [3.63, 3.8) is 0 Å². The predicted molar refractivity (Wildman–Crippen MR) is 78.9 cm³/mol. The maximum atomic E-state index is 5.97. The molecule has 0 aromatic carbocycles. The van der Waals surface area contributed by atoms with E-state index >= 15 is 0 Å². The summed E-state index contributed by atoms with van der Waals surface area (Å²) in [6.07, 6.45) is 15.0. The molecule has 19 heavy (non-hydrogen) atoms. The van der Waals surface area contributed by atoms with Gasteiger partial charge in [-0.2, -0.15) is 0 Å². The smallest absolute Gasteiger partial charge is 0.0221 e. The average molecular weight is 262 g/mol. The summed E-state index contributed by atoms with van der Waals surface area (Å²) in [5.74, 6) is 3.19. The maximum absolute atomic E-state index is 5.97. The highest BCUT2D eigenvalue weighted by molar-refractivity contribution is 5.08. The first kappa shape index (κ1) is 12.6. The molecule has 0 atom stereocenters. The number of nitrogens with two attached hydrogens (primary N) is 1. The van der Waals surface area contributed by atoms with Crippen molar-refractivity contribution in [1.29, 1.82) is 0 Å². The van der Waals surface area contributed by atoms with Crippen molar-refractivity contribution in [3.05, 3.63) is 0 Å². The molecule has 0 heterocycles. The molecule has 0 aromatic heterocycles. The average Bonchev–Trinajstić information content (AvgIpc) is 2.87. The van der Waals surface area contributed by atoms with Crippen LogP contribution in [0, 0.1) is 17.8 Å². The van der Waals surface area contributed by atoms with E-state index in [2.05, 4.69) is 4.90 Å². The van der Waals surface area contributed by atoms with Gasteiger partial charge in [-0.1, -0.05) is 12.8 Å². The van der Waals surface area contributed by atoms with Crippen molar-refractivity contribution >= 4 is 0 Å². The Bertz CT molecular complexity index is 297. The molecule has 5 aliphatic rings. The Labute approximate surface area is 118 Å². The SMILES string of the molecule is NCCN(C1CCCC1)C12CC3CC(CC(C3)C1)C2. The lowest BCUT2D eigenvalue weighted by Crippen LogP contribution is -2.63. The highest BCUT2D eigenvalue weighted by atomic mass is 15.2. The van der Waals surface area contributed by atoms with Crippen LogP contribution in [-0.2, 0) is 0 Å². The summed E-state index contributed by atoms with van der Waals surface area (Å²) in [4.78, 5) is 2.94. The van der Waals surface area contributed by atoms with Gasteiger partial charge in [0.2, 0.25) is 0 Å². The first-order valence-corrected chi connectivity index (χ1v) is 8.76. The Kier molecular flexibility index (Phi) is 3.15. The highest BCUT2D eigenvalue weighted by Gasteiger charge is 2.54. The van der Waals surface area contributed by atoms with Crippen molar-refractivity contribution in [2.45, 2.75) is 75.8 Å². The van der Waals surface area contributed by atoms with E-state index < -0.39 is 0 Å². The lowest BCUT2D eigenvalue weighted by molar-refractivity contribution is -0.103. The molecular weight excluding hydrogens is 232 g/mol. The van der Waals surface area contributed by atoms with Gasteiger partial charge in [0, 0.05) is 24.7 Å². The van der Waals surface area contributed by atoms with Crippen LogP contribution in [0.15, 0.2) is 0 Å². The van der Waals surface area contributed by atoms with Gasteiger partial charge in [0.25, 0.3) is 0 Å². The first-order chi connectivity index (χ1) is 9.29. The standard InChI is InChI=1S/C17H30N2/c18-5-6-19(16-3-1-2-4-16)17-10-13-7-14(11-17)9-15(8-13)12-17/h13-16H,1-12,18H2. The summed E-state index contributed by atoms with van der Waals surface area (Å²) in [5, 5.41) is 0. The third-order valence-corrected chi connectivity index (χ3v) is 6.75. The lowest BCUT2D eigenvalue weighted by Gasteiger charge is -2.62. The third kappa shape index (κ3) is 2.06. The first-order valence-electron chi connectivity index (χ1n) is 8.76. The molecular formula is C17H30N2. The molecule has 2 N–H and O–H groups in total. The van der Waals surface area contributed by atoms with E-state index in [0.717, 1.165) is 36.9 Å². The van der Waals surface area contributed by atoms with Gasteiger partial charge in [-0.15, -0.1) is 0 Å². The Morgan fingerprint density at radius 2 is 1.42 bits per heavy atom. The fourth-order valence-corrected chi connectivity index (χ4v) is 6.58. The minimum atomic E-state index is 0.586. The summed E-state index contributed by atoms with van der Waals surface area (Å²) in [5.41, 5.74) is 6.56. The molecule has 0 amide bonds. The fraction of sp³-hybridized carbons (Fsp3) is 1.00. The van der Waals surface area contributed by atoms with Crippen molar-refractivity contribution in [3.8, 4) is 0 Å². The molecule has 5 saturated carbocycles. The van der Waals surface area contributed by atoms with Gasteiger partial charge in [0.1, 0.15) is 0 Å². The van der Waals surface area contributed by atoms with Crippen LogP contribution in [0.5, 0.6) is 0 Å². The monoisotopic (exact) mass is 262 g/mol. The second-order valence-corrected chi connectivity index (χ2v) is 8.06. The second kappa shape index (κ2) is 4.73. The molecule has 0 saturated heterocycles. The van der Waals surface area contributed by atoms with Crippen LogP contribution in [0.2, 0.25) is 0 Å². The number of hydrogen-bond acceptors (Lipinski definition) is 2. The molecule has 5 aliphatic carbocycles. The van der Waals surface area contributed by atoms with Gasteiger partial charge in [-0.05, 0) is 69.1 Å². The molecule has 0 unspecified atom stereocenters.